The molecule has 0 aliphatic rings. The number of hydrogen-bond acceptors (Lipinski definition) is 5. The van der Waals surface area contributed by atoms with Gasteiger partial charge in [0.15, 0.2) is 11.0 Å². The summed E-state index contributed by atoms with van der Waals surface area (Å²) in [6, 6.07) is 10.4. The molecule has 1 heterocycles. The average Bonchev–Trinajstić information content (AvgIpc) is 3.07. The Balaban J connectivity index is 2.20. The Morgan fingerprint density at radius 3 is 2.13 bits per heavy atom. The van der Waals surface area contributed by atoms with Crippen LogP contribution < -0.4 is 0 Å². The summed E-state index contributed by atoms with van der Waals surface area (Å²) in [6.45, 7) is 13.0. The largest absolute Gasteiger partial charge is 0.341 e. The molecule has 1 aromatic carbocycles. The number of nitrogens with zero attached hydrogens (tertiary/aromatic N) is 5. The molecule has 1 unspecified atom stereocenters. The number of benzene rings is 1. The molecule has 30 heavy (non-hydrogen) atoms. The highest BCUT2D eigenvalue weighted by Gasteiger charge is 2.22. The van der Waals surface area contributed by atoms with E-state index in [2.05, 4.69) is 66.4 Å². The zero-order chi connectivity index (χ0) is 22.3. The Hall–Kier alpha value is -1.86. The summed E-state index contributed by atoms with van der Waals surface area (Å²) in [5.41, 5.74) is 1.19. The molecular weight excluding hydrogens is 394 g/mol. The van der Waals surface area contributed by atoms with Crippen LogP contribution in [0.1, 0.15) is 52.0 Å². The van der Waals surface area contributed by atoms with Crippen molar-refractivity contribution in [2.24, 2.45) is 11.8 Å². The second-order valence-electron chi connectivity index (χ2n) is 8.93. The Labute approximate surface area is 186 Å². The molecule has 0 fully saturated rings. The number of carbonyl (C=O) groups excluding carboxylic acids is 1. The maximum Gasteiger partial charge on any atom is 0.233 e. The molecule has 0 radical (unpaired) electrons. The highest BCUT2D eigenvalue weighted by atomic mass is 32.2. The molecule has 0 aliphatic heterocycles. The van der Waals surface area contributed by atoms with Gasteiger partial charge in [-0.05, 0) is 38.4 Å². The summed E-state index contributed by atoms with van der Waals surface area (Å²) >= 11 is 1.49. The summed E-state index contributed by atoms with van der Waals surface area (Å²) in [7, 11) is 4.08. The van der Waals surface area contributed by atoms with Crippen molar-refractivity contribution in [2.75, 3.05) is 32.9 Å². The van der Waals surface area contributed by atoms with Crippen LogP contribution in [-0.4, -0.2) is 63.4 Å². The molecule has 7 heteroatoms. The molecular formula is C23H37N5OS. The zero-order valence-corrected chi connectivity index (χ0v) is 20.3. The number of hydrogen-bond donors (Lipinski definition) is 0. The highest BCUT2D eigenvalue weighted by Crippen LogP contribution is 2.24. The second-order valence-corrected chi connectivity index (χ2v) is 9.87. The minimum absolute atomic E-state index is 0.129. The van der Waals surface area contributed by atoms with Crippen molar-refractivity contribution in [1.82, 2.24) is 24.6 Å². The first-order valence-corrected chi connectivity index (χ1v) is 11.7. The lowest BCUT2D eigenvalue weighted by Gasteiger charge is -2.26. The van der Waals surface area contributed by atoms with Gasteiger partial charge in [0.2, 0.25) is 5.91 Å². The molecule has 0 bridgehead atoms. The Bertz CT molecular complexity index is 778. The summed E-state index contributed by atoms with van der Waals surface area (Å²) < 4.78 is 2.15. The maximum atomic E-state index is 12.9. The Morgan fingerprint density at radius 2 is 1.60 bits per heavy atom. The number of aromatic nitrogens is 3. The molecule has 0 spiro atoms. The van der Waals surface area contributed by atoms with Gasteiger partial charge in [0, 0.05) is 13.1 Å². The van der Waals surface area contributed by atoms with Gasteiger partial charge in [0.25, 0.3) is 0 Å². The summed E-state index contributed by atoms with van der Waals surface area (Å²) in [5, 5.41) is 9.72. The normalized spacial score (nSPS) is 12.7. The van der Waals surface area contributed by atoms with Crippen molar-refractivity contribution in [1.29, 1.82) is 0 Å². The third-order valence-corrected chi connectivity index (χ3v) is 5.88. The van der Waals surface area contributed by atoms with E-state index in [9.17, 15) is 4.79 Å². The van der Waals surface area contributed by atoms with E-state index in [-0.39, 0.29) is 11.9 Å². The smallest absolute Gasteiger partial charge is 0.233 e. The molecule has 1 atom stereocenters. The number of carbonyl (C=O) groups is 1. The molecule has 166 valence electrons. The first-order valence-electron chi connectivity index (χ1n) is 10.7. The van der Waals surface area contributed by atoms with Crippen molar-refractivity contribution >= 4 is 17.7 Å². The topological polar surface area (TPSA) is 54.3 Å². The number of amides is 1. The van der Waals surface area contributed by atoms with E-state index in [0.29, 0.717) is 24.1 Å². The van der Waals surface area contributed by atoms with Crippen molar-refractivity contribution in [2.45, 2.75) is 52.4 Å². The van der Waals surface area contributed by atoms with Crippen molar-refractivity contribution in [3.8, 4) is 0 Å². The summed E-state index contributed by atoms with van der Waals surface area (Å²) in [6.07, 6.45) is 0. The standard InChI is InChI=1S/C23H37N5OS/c1-17(2)13-27(14-18(3)4)21(29)16-30-23-25-24-22(19(5)26(6)7)28(23)15-20-11-9-8-10-12-20/h8-12,17-19H,13-16H2,1-7H3. The van der Waals surface area contributed by atoms with Crippen molar-refractivity contribution in [3.63, 3.8) is 0 Å². The van der Waals surface area contributed by atoms with Crippen LogP contribution in [-0.2, 0) is 11.3 Å². The second kappa shape index (κ2) is 11.5. The lowest BCUT2D eigenvalue weighted by atomic mass is 10.1. The van der Waals surface area contributed by atoms with Crippen LogP contribution in [0.3, 0.4) is 0 Å². The lowest BCUT2D eigenvalue weighted by Crippen LogP contribution is -2.38. The van der Waals surface area contributed by atoms with E-state index in [0.717, 1.165) is 24.1 Å². The van der Waals surface area contributed by atoms with Crippen LogP contribution in [0.2, 0.25) is 0 Å². The number of rotatable bonds is 11. The van der Waals surface area contributed by atoms with Crippen molar-refractivity contribution in [3.05, 3.63) is 41.7 Å². The minimum atomic E-state index is 0.129. The lowest BCUT2D eigenvalue weighted by molar-refractivity contribution is -0.129. The van der Waals surface area contributed by atoms with Crippen LogP contribution >= 0.6 is 11.8 Å². The number of thioether (sulfide) groups is 1. The average molecular weight is 432 g/mol. The van der Waals surface area contributed by atoms with Crippen LogP contribution in [0.4, 0.5) is 0 Å². The molecule has 1 amide bonds. The van der Waals surface area contributed by atoms with E-state index in [4.69, 9.17) is 0 Å². The van der Waals surface area contributed by atoms with Crippen LogP contribution in [0.5, 0.6) is 0 Å². The molecule has 6 nitrogen and oxygen atoms in total. The van der Waals surface area contributed by atoms with Gasteiger partial charge in [-0.2, -0.15) is 0 Å². The van der Waals surface area contributed by atoms with Crippen molar-refractivity contribution < 1.29 is 4.79 Å². The fourth-order valence-electron chi connectivity index (χ4n) is 3.24. The van der Waals surface area contributed by atoms with Gasteiger partial charge in [-0.1, -0.05) is 69.8 Å². The third-order valence-electron chi connectivity index (χ3n) is 4.93. The first-order chi connectivity index (χ1) is 14.2. The molecule has 0 aliphatic carbocycles. The molecule has 0 saturated heterocycles. The summed E-state index contributed by atoms with van der Waals surface area (Å²) in [5.74, 6) is 2.36. The van der Waals surface area contributed by atoms with Gasteiger partial charge in [-0.3, -0.25) is 9.69 Å². The Kier molecular flexibility index (Phi) is 9.37. The minimum Gasteiger partial charge on any atom is -0.341 e. The fraction of sp³-hybridized carbons (Fsp3) is 0.609. The van der Waals surface area contributed by atoms with E-state index in [1.165, 1.54) is 17.3 Å². The van der Waals surface area contributed by atoms with E-state index in [1.807, 2.05) is 37.2 Å². The van der Waals surface area contributed by atoms with Crippen LogP contribution in [0.25, 0.3) is 0 Å². The van der Waals surface area contributed by atoms with E-state index >= 15 is 0 Å². The quantitative estimate of drug-likeness (QED) is 0.500. The maximum absolute atomic E-state index is 12.9. The van der Waals surface area contributed by atoms with Gasteiger partial charge < -0.3 is 9.47 Å². The van der Waals surface area contributed by atoms with Gasteiger partial charge in [0.1, 0.15) is 0 Å². The fourth-order valence-corrected chi connectivity index (χ4v) is 4.09. The third kappa shape index (κ3) is 7.13. The van der Waals surface area contributed by atoms with E-state index < -0.39 is 0 Å². The van der Waals surface area contributed by atoms with Crippen LogP contribution in [0.15, 0.2) is 35.5 Å². The molecule has 2 aromatic rings. The first kappa shape index (κ1) is 24.4. The molecule has 2 rings (SSSR count). The summed E-state index contributed by atoms with van der Waals surface area (Å²) in [4.78, 5) is 17.1. The van der Waals surface area contributed by atoms with Crippen LogP contribution in [0, 0.1) is 11.8 Å². The predicted molar refractivity (Wildman–Crippen MR) is 125 cm³/mol. The molecule has 1 aromatic heterocycles. The monoisotopic (exact) mass is 431 g/mol. The predicted octanol–water partition coefficient (Wildman–Crippen LogP) is 4.18. The SMILES string of the molecule is CC(C)CN(CC(C)C)C(=O)CSc1nnc(C(C)N(C)C)n1Cc1ccccc1. The molecule has 0 N–H and O–H groups in total. The van der Waals surface area contributed by atoms with Gasteiger partial charge in [0.05, 0.1) is 18.3 Å². The zero-order valence-electron chi connectivity index (χ0n) is 19.5. The van der Waals surface area contributed by atoms with Gasteiger partial charge in [-0.15, -0.1) is 10.2 Å². The Morgan fingerprint density at radius 1 is 1.00 bits per heavy atom. The van der Waals surface area contributed by atoms with E-state index in [1.54, 1.807) is 0 Å². The van der Waals surface area contributed by atoms with Gasteiger partial charge in [-0.25, -0.2) is 0 Å². The molecule has 0 saturated carbocycles. The highest BCUT2D eigenvalue weighted by molar-refractivity contribution is 7.99. The van der Waals surface area contributed by atoms with Gasteiger partial charge >= 0.3 is 0 Å².